The molecule has 23 heavy (non-hydrogen) atoms. The first-order chi connectivity index (χ1) is 11.1. The van der Waals surface area contributed by atoms with Crippen molar-refractivity contribution in [3.63, 3.8) is 0 Å². The van der Waals surface area contributed by atoms with Crippen molar-refractivity contribution < 1.29 is 9.53 Å². The molecule has 1 amide bonds. The van der Waals surface area contributed by atoms with Gasteiger partial charge in [0.15, 0.2) is 0 Å². The van der Waals surface area contributed by atoms with E-state index in [0.717, 1.165) is 25.4 Å². The van der Waals surface area contributed by atoms with Gasteiger partial charge in [-0.3, -0.25) is 9.48 Å². The number of hydrogen-bond acceptors (Lipinski definition) is 4. The van der Waals surface area contributed by atoms with Crippen LogP contribution in [0.4, 0.5) is 0 Å². The Kier molecular flexibility index (Phi) is 4.47. The number of carbonyl (C=O) groups is 1. The summed E-state index contributed by atoms with van der Waals surface area (Å²) in [4.78, 5) is 19.1. The van der Waals surface area contributed by atoms with Crippen molar-refractivity contribution in [1.29, 1.82) is 0 Å². The Balaban J connectivity index is 1.76. The Bertz CT molecular complexity index is 690. The van der Waals surface area contributed by atoms with Gasteiger partial charge in [0.1, 0.15) is 5.82 Å². The van der Waals surface area contributed by atoms with E-state index < -0.39 is 0 Å². The molecule has 0 aliphatic carbocycles. The van der Waals surface area contributed by atoms with Crippen molar-refractivity contribution in [2.45, 2.75) is 32.9 Å². The van der Waals surface area contributed by atoms with Gasteiger partial charge >= 0.3 is 0 Å². The number of ether oxygens (including phenoxy) is 1. The smallest absolute Gasteiger partial charge is 0.257 e. The molecule has 0 saturated heterocycles. The lowest BCUT2D eigenvalue weighted by molar-refractivity contribution is 0.0635. The first kappa shape index (κ1) is 15.7. The minimum absolute atomic E-state index is 0.00992. The fourth-order valence-electron chi connectivity index (χ4n) is 3.05. The number of rotatable bonds is 5. The standard InChI is InChI=1S/C16H23N5O2/c1-4-23-8-5-14-10-17-15-12(2)20(6-7-21(14)15)16(22)13-9-18-19(3)11-13/h9-12H,4-8H2,1-3H3/t12-/m1/s1. The van der Waals surface area contributed by atoms with Gasteiger partial charge in [0.25, 0.3) is 5.91 Å². The summed E-state index contributed by atoms with van der Waals surface area (Å²) < 4.78 is 9.30. The molecule has 0 fully saturated rings. The quantitative estimate of drug-likeness (QED) is 0.782. The van der Waals surface area contributed by atoms with Crippen LogP contribution >= 0.6 is 0 Å². The lowest BCUT2D eigenvalue weighted by Gasteiger charge is -2.34. The normalized spacial score (nSPS) is 17.3. The van der Waals surface area contributed by atoms with Crippen LogP contribution in [0.15, 0.2) is 18.6 Å². The van der Waals surface area contributed by atoms with Gasteiger partial charge in [-0.25, -0.2) is 4.98 Å². The van der Waals surface area contributed by atoms with Crippen molar-refractivity contribution in [2.24, 2.45) is 7.05 Å². The van der Waals surface area contributed by atoms with E-state index in [4.69, 9.17) is 4.74 Å². The van der Waals surface area contributed by atoms with Gasteiger partial charge in [-0.05, 0) is 13.8 Å². The first-order valence-electron chi connectivity index (χ1n) is 8.03. The van der Waals surface area contributed by atoms with E-state index >= 15 is 0 Å². The molecule has 1 atom stereocenters. The molecule has 0 spiro atoms. The summed E-state index contributed by atoms with van der Waals surface area (Å²) in [5.74, 6) is 0.954. The molecule has 7 nitrogen and oxygen atoms in total. The average Bonchev–Trinajstić information content (AvgIpc) is 3.15. The SMILES string of the molecule is CCOCCc1cnc2n1CCN(C(=O)c1cnn(C)c1)[C@@H]2C. The molecule has 0 bridgehead atoms. The number of carbonyl (C=O) groups excluding carboxylic acids is 1. The topological polar surface area (TPSA) is 65.2 Å². The van der Waals surface area contributed by atoms with Crippen LogP contribution in [0, 0.1) is 0 Å². The predicted molar refractivity (Wildman–Crippen MR) is 85.1 cm³/mol. The minimum Gasteiger partial charge on any atom is -0.381 e. The molecule has 1 aliphatic rings. The van der Waals surface area contributed by atoms with Gasteiger partial charge in [0.05, 0.1) is 24.4 Å². The number of fused-ring (bicyclic) bond motifs is 1. The van der Waals surface area contributed by atoms with Crippen LogP contribution < -0.4 is 0 Å². The maximum atomic E-state index is 12.7. The first-order valence-corrected chi connectivity index (χ1v) is 8.03. The third-order valence-corrected chi connectivity index (χ3v) is 4.29. The van der Waals surface area contributed by atoms with E-state index in [0.29, 0.717) is 18.7 Å². The fourth-order valence-corrected chi connectivity index (χ4v) is 3.05. The highest BCUT2D eigenvalue weighted by molar-refractivity contribution is 5.94. The van der Waals surface area contributed by atoms with Crippen molar-refractivity contribution in [3.05, 3.63) is 35.7 Å². The molecule has 0 aromatic carbocycles. The number of aryl methyl sites for hydroxylation is 1. The highest BCUT2D eigenvalue weighted by atomic mass is 16.5. The molecule has 7 heteroatoms. The summed E-state index contributed by atoms with van der Waals surface area (Å²) in [5, 5.41) is 4.08. The summed E-state index contributed by atoms with van der Waals surface area (Å²) in [5.41, 5.74) is 1.80. The molecule has 3 rings (SSSR count). The number of imidazole rings is 1. The van der Waals surface area contributed by atoms with E-state index in [1.807, 2.05) is 32.0 Å². The van der Waals surface area contributed by atoms with Crippen molar-refractivity contribution in [3.8, 4) is 0 Å². The molecule has 0 unspecified atom stereocenters. The van der Waals surface area contributed by atoms with Crippen molar-refractivity contribution in [2.75, 3.05) is 19.8 Å². The molecule has 0 N–H and O–H groups in total. The minimum atomic E-state index is -0.0442. The van der Waals surface area contributed by atoms with E-state index in [1.54, 1.807) is 17.1 Å². The van der Waals surface area contributed by atoms with Gasteiger partial charge < -0.3 is 14.2 Å². The molecule has 1 aliphatic heterocycles. The van der Waals surface area contributed by atoms with Gasteiger partial charge in [-0.2, -0.15) is 5.10 Å². The van der Waals surface area contributed by atoms with Crippen molar-refractivity contribution >= 4 is 5.91 Å². The van der Waals surface area contributed by atoms with E-state index in [-0.39, 0.29) is 11.9 Å². The lowest BCUT2D eigenvalue weighted by atomic mass is 10.1. The molecular formula is C16H23N5O2. The predicted octanol–water partition coefficient (Wildman–Crippen LogP) is 1.41. The van der Waals surface area contributed by atoms with Crippen LogP contribution in [0.3, 0.4) is 0 Å². The number of aromatic nitrogens is 4. The second-order valence-electron chi connectivity index (χ2n) is 5.78. The van der Waals surface area contributed by atoms with Gasteiger partial charge in [-0.15, -0.1) is 0 Å². The maximum Gasteiger partial charge on any atom is 0.257 e. The second kappa shape index (κ2) is 6.54. The van der Waals surface area contributed by atoms with Gasteiger partial charge in [0, 0.05) is 51.3 Å². The largest absolute Gasteiger partial charge is 0.381 e. The molecule has 0 saturated carbocycles. The molecule has 0 radical (unpaired) electrons. The zero-order chi connectivity index (χ0) is 16.4. The molecule has 3 heterocycles. The van der Waals surface area contributed by atoms with Gasteiger partial charge in [-0.1, -0.05) is 0 Å². The van der Waals surface area contributed by atoms with Crippen LogP contribution in [0.1, 0.15) is 41.8 Å². The third kappa shape index (κ3) is 3.01. The van der Waals surface area contributed by atoms with Crippen LogP contribution in [0.2, 0.25) is 0 Å². The zero-order valence-electron chi connectivity index (χ0n) is 13.9. The summed E-state index contributed by atoms with van der Waals surface area (Å²) in [6, 6.07) is -0.0442. The summed E-state index contributed by atoms with van der Waals surface area (Å²) in [7, 11) is 1.81. The monoisotopic (exact) mass is 317 g/mol. The average molecular weight is 317 g/mol. The molecule has 124 valence electrons. The number of nitrogens with zero attached hydrogens (tertiary/aromatic N) is 5. The fraction of sp³-hybridized carbons (Fsp3) is 0.562. The van der Waals surface area contributed by atoms with E-state index in [9.17, 15) is 4.79 Å². The molecule has 2 aromatic heterocycles. The lowest BCUT2D eigenvalue weighted by Crippen LogP contribution is -2.41. The van der Waals surface area contributed by atoms with Crippen LogP contribution in [0.25, 0.3) is 0 Å². The highest BCUT2D eigenvalue weighted by Crippen LogP contribution is 2.27. The van der Waals surface area contributed by atoms with E-state index in [2.05, 4.69) is 14.6 Å². The Morgan fingerprint density at radius 2 is 2.22 bits per heavy atom. The summed E-state index contributed by atoms with van der Waals surface area (Å²) >= 11 is 0. The second-order valence-corrected chi connectivity index (χ2v) is 5.78. The van der Waals surface area contributed by atoms with Crippen LogP contribution in [-0.4, -0.2) is 49.9 Å². The maximum absolute atomic E-state index is 12.7. The van der Waals surface area contributed by atoms with Crippen LogP contribution in [0.5, 0.6) is 0 Å². The van der Waals surface area contributed by atoms with Crippen LogP contribution in [-0.2, 0) is 24.8 Å². The highest BCUT2D eigenvalue weighted by Gasteiger charge is 2.31. The number of amides is 1. The van der Waals surface area contributed by atoms with E-state index in [1.165, 1.54) is 5.69 Å². The summed E-state index contributed by atoms with van der Waals surface area (Å²) in [6.45, 7) is 6.90. The molecular weight excluding hydrogens is 294 g/mol. The summed E-state index contributed by atoms with van der Waals surface area (Å²) in [6.07, 6.45) is 6.13. The molecule has 2 aromatic rings. The Morgan fingerprint density at radius 3 is 2.91 bits per heavy atom. The van der Waals surface area contributed by atoms with Crippen molar-refractivity contribution in [1.82, 2.24) is 24.2 Å². The van der Waals surface area contributed by atoms with Gasteiger partial charge in [0.2, 0.25) is 0 Å². The zero-order valence-corrected chi connectivity index (χ0v) is 13.9. The Labute approximate surface area is 135 Å². The number of hydrogen-bond donors (Lipinski definition) is 0. The third-order valence-electron chi connectivity index (χ3n) is 4.29. The Morgan fingerprint density at radius 1 is 1.39 bits per heavy atom. The Hall–Kier alpha value is -2.15.